The maximum Gasteiger partial charge on any atom is 0.333 e. The van der Waals surface area contributed by atoms with E-state index in [9.17, 15) is 14.4 Å². The zero-order valence-electron chi connectivity index (χ0n) is 16.2. The quantitative estimate of drug-likeness (QED) is 0.125. The van der Waals surface area contributed by atoms with Crippen molar-refractivity contribution in [2.24, 2.45) is 0 Å². The van der Waals surface area contributed by atoms with Crippen LogP contribution in [0.15, 0.2) is 37.8 Å². The molecule has 0 unspecified atom stereocenters. The van der Waals surface area contributed by atoms with E-state index in [1.54, 1.807) is 6.92 Å². The highest BCUT2D eigenvalue weighted by atomic mass is 35.5. The molecule has 0 saturated heterocycles. The highest BCUT2D eigenvalue weighted by molar-refractivity contribution is 6.80. The summed E-state index contributed by atoms with van der Waals surface area (Å²) >= 11 is 4.62. The monoisotopic (exact) mass is 406 g/mol. The largest absolute Gasteiger partial charge is 0.502 e. The van der Waals surface area contributed by atoms with E-state index in [0.29, 0.717) is 25.4 Å². The standard InChI is InChI=1S/C10H16O3.C6H12O2.C3H3ClO2/c1-4-12-7-5-6-8-13-10(11)9(2)3;1-2-8-6-4-3-5-7;1-2(5)3(4)6/h4H,1-2,5-8H2,3H3;2,7H,1,3-6H2;1H3. The van der Waals surface area contributed by atoms with Gasteiger partial charge in [0.05, 0.1) is 32.3 Å². The van der Waals surface area contributed by atoms with Crippen LogP contribution in [0.4, 0.5) is 0 Å². The number of aliphatic hydroxyl groups is 1. The van der Waals surface area contributed by atoms with E-state index < -0.39 is 11.0 Å². The molecule has 0 aromatic rings. The Bertz CT molecular complexity index is 435. The first kappa shape index (κ1) is 29.6. The van der Waals surface area contributed by atoms with Crippen LogP contribution in [-0.2, 0) is 28.6 Å². The molecule has 0 aliphatic heterocycles. The molecule has 0 saturated carbocycles. The molecule has 0 rings (SSSR count). The van der Waals surface area contributed by atoms with E-state index in [4.69, 9.17) is 19.3 Å². The predicted octanol–water partition coefficient (Wildman–Crippen LogP) is 3.31. The number of ether oxygens (including phenoxy) is 3. The molecule has 1 N–H and O–H groups in total. The molecule has 0 fully saturated rings. The second-order valence-electron chi connectivity index (χ2n) is 4.96. The molecule has 0 aliphatic carbocycles. The van der Waals surface area contributed by atoms with Gasteiger partial charge in [0.1, 0.15) is 0 Å². The second kappa shape index (κ2) is 23.9. The number of ketones is 1. The van der Waals surface area contributed by atoms with Crippen molar-refractivity contribution in [1.29, 1.82) is 0 Å². The van der Waals surface area contributed by atoms with E-state index >= 15 is 0 Å². The Morgan fingerprint density at radius 3 is 1.67 bits per heavy atom. The maximum absolute atomic E-state index is 10.9. The lowest BCUT2D eigenvalue weighted by molar-refractivity contribution is -0.139. The number of Topliss-reactive ketones (excluding diaryl/α,β-unsaturated/α-hetero) is 1. The molecule has 0 amide bonds. The molecule has 0 radical (unpaired) electrons. The van der Waals surface area contributed by atoms with Gasteiger partial charge in [-0.15, -0.1) is 0 Å². The normalized spacial score (nSPS) is 8.59. The Kier molecular flexibility index (Phi) is 26.2. The van der Waals surface area contributed by atoms with Crippen molar-refractivity contribution in [2.45, 2.75) is 39.5 Å². The molecular weight excluding hydrogens is 376 g/mol. The van der Waals surface area contributed by atoms with E-state index in [1.165, 1.54) is 12.5 Å². The third kappa shape index (κ3) is 32.1. The molecule has 0 bridgehead atoms. The summed E-state index contributed by atoms with van der Waals surface area (Å²) in [5.74, 6) is -0.943. The highest BCUT2D eigenvalue weighted by Gasteiger charge is 2.01. The van der Waals surface area contributed by atoms with Crippen molar-refractivity contribution in [3.05, 3.63) is 37.8 Å². The summed E-state index contributed by atoms with van der Waals surface area (Å²) in [6, 6.07) is 0. The minimum Gasteiger partial charge on any atom is -0.502 e. The third-order valence-corrected chi connectivity index (χ3v) is 2.69. The van der Waals surface area contributed by atoms with E-state index in [-0.39, 0.29) is 12.6 Å². The summed E-state index contributed by atoms with van der Waals surface area (Å²) in [5, 5.41) is 7.38. The van der Waals surface area contributed by atoms with Gasteiger partial charge in [-0.25, -0.2) is 4.79 Å². The summed E-state index contributed by atoms with van der Waals surface area (Å²) in [5.41, 5.74) is 0.433. The number of esters is 1. The van der Waals surface area contributed by atoms with Crippen LogP contribution in [0.2, 0.25) is 0 Å². The number of hydrogen-bond acceptors (Lipinski definition) is 7. The van der Waals surface area contributed by atoms with Gasteiger partial charge in [-0.2, -0.15) is 0 Å². The first-order chi connectivity index (χ1) is 12.7. The number of carbonyl (C=O) groups is 3. The molecule has 0 aromatic heterocycles. The average Bonchev–Trinajstić information content (AvgIpc) is 2.62. The maximum atomic E-state index is 10.9. The predicted molar refractivity (Wildman–Crippen MR) is 105 cm³/mol. The van der Waals surface area contributed by atoms with E-state index in [1.807, 2.05) is 0 Å². The summed E-state index contributed by atoms with van der Waals surface area (Å²) < 4.78 is 14.5. The molecular formula is C19H31ClO7. The van der Waals surface area contributed by atoms with Crippen molar-refractivity contribution in [3.8, 4) is 0 Å². The fraction of sp³-hybridized carbons (Fsp3) is 0.526. The Morgan fingerprint density at radius 1 is 0.926 bits per heavy atom. The lowest BCUT2D eigenvalue weighted by Crippen LogP contribution is -2.06. The van der Waals surface area contributed by atoms with Crippen LogP contribution in [0.1, 0.15) is 39.5 Å². The third-order valence-electron chi connectivity index (χ3n) is 2.42. The second-order valence-corrected chi connectivity index (χ2v) is 5.30. The summed E-state index contributed by atoms with van der Waals surface area (Å²) in [6.07, 6.45) is 6.19. The first-order valence-electron chi connectivity index (χ1n) is 8.33. The minimum atomic E-state index is -0.907. The molecule has 0 spiro atoms. The zero-order chi connectivity index (χ0) is 21.5. The van der Waals surface area contributed by atoms with Crippen LogP contribution >= 0.6 is 11.6 Å². The van der Waals surface area contributed by atoms with Crippen molar-refractivity contribution >= 4 is 28.6 Å². The summed E-state index contributed by atoms with van der Waals surface area (Å²) in [4.78, 5) is 30.1. The van der Waals surface area contributed by atoms with Gasteiger partial charge < -0.3 is 19.3 Å². The minimum absolute atomic E-state index is 0.250. The molecule has 0 aromatic carbocycles. The van der Waals surface area contributed by atoms with Gasteiger partial charge in [-0.3, -0.25) is 9.59 Å². The first-order valence-corrected chi connectivity index (χ1v) is 8.71. The molecule has 8 heteroatoms. The van der Waals surface area contributed by atoms with Crippen LogP contribution in [0.5, 0.6) is 0 Å². The van der Waals surface area contributed by atoms with Crippen molar-refractivity contribution < 1.29 is 33.7 Å². The smallest absolute Gasteiger partial charge is 0.333 e. The van der Waals surface area contributed by atoms with Gasteiger partial charge in [0, 0.05) is 19.1 Å². The number of carbonyl (C=O) groups excluding carboxylic acids is 3. The van der Waals surface area contributed by atoms with Crippen LogP contribution in [0, 0.1) is 0 Å². The Labute approximate surface area is 166 Å². The molecule has 0 heterocycles. The fourth-order valence-corrected chi connectivity index (χ4v) is 1.04. The fourth-order valence-electron chi connectivity index (χ4n) is 1.04. The van der Waals surface area contributed by atoms with Crippen LogP contribution in [-0.4, -0.2) is 48.5 Å². The van der Waals surface area contributed by atoms with Gasteiger partial charge in [0.2, 0.25) is 5.78 Å². The molecule has 156 valence electrons. The molecule has 0 aliphatic rings. The van der Waals surface area contributed by atoms with Gasteiger partial charge in [0.25, 0.3) is 5.24 Å². The van der Waals surface area contributed by atoms with Crippen molar-refractivity contribution in [1.82, 2.24) is 0 Å². The van der Waals surface area contributed by atoms with Gasteiger partial charge >= 0.3 is 5.97 Å². The van der Waals surface area contributed by atoms with Crippen molar-refractivity contribution in [2.75, 3.05) is 26.4 Å². The van der Waals surface area contributed by atoms with Crippen LogP contribution < -0.4 is 0 Å². The Balaban J connectivity index is -0.000000351. The lowest BCUT2D eigenvalue weighted by atomic mass is 10.3. The van der Waals surface area contributed by atoms with Gasteiger partial charge in [-0.1, -0.05) is 19.7 Å². The summed E-state index contributed by atoms with van der Waals surface area (Å²) in [6.45, 7) is 15.0. The van der Waals surface area contributed by atoms with Gasteiger partial charge in [0.15, 0.2) is 0 Å². The Hall–Kier alpha value is -2.12. The van der Waals surface area contributed by atoms with E-state index in [2.05, 4.69) is 31.3 Å². The number of rotatable bonds is 13. The number of aliphatic hydroxyl groups excluding tert-OH is 1. The van der Waals surface area contributed by atoms with Gasteiger partial charge in [-0.05, 0) is 44.2 Å². The zero-order valence-corrected chi connectivity index (χ0v) is 17.0. The summed E-state index contributed by atoms with van der Waals surface area (Å²) in [7, 11) is 0. The Morgan fingerprint density at radius 2 is 1.33 bits per heavy atom. The average molecular weight is 407 g/mol. The number of halogens is 1. The number of unbranched alkanes of at least 4 members (excludes halogenated alkanes) is 2. The SMILES string of the molecule is C=COCCCCO.C=COCCCCOC(=O)C(=C)C.CC(=O)C(=O)Cl. The van der Waals surface area contributed by atoms with Crippen LogP contribution in [0.3, 0.4) is 0 Å². The van der Waals surface area contributed by atoms with E-state index in [0.717, 1.165) is 32.6 Å². The lowest BCUT2D eigenvalue weighted by Gasteiger charge is -2.03. The van der Waals surface area contributed by atoms with Crippen LogP contribution in [0.25, 0.3) is 0 Å². The molecule has 0 atom stereocenters. The molecule has 7 nitrogen and oxygen atoms in total. The van der Waals surface area contributed by atoms with Crippen molar-refractivity contribution in [3.63, 3.8) is 0 Å². The number of hydrogen-bond donors (Lipinski definition) is 1. The highest BCUT2D eigenvalue weighted by Crippen LogP contribution is 1.96. The topological polar surface area (TPSA) is 99.1 Å². The molecule has 27 heavy (non-hydrogen) atoms.